The molecule has 0 bridgehead atoms. The van der Waals surface area contributed by atoms with Gasteiger partial charge in [0.05, 0.1) is 19.9 Å². The zero-order valence-corrected chi connectivity index (χ0v) is 11.6. The van der Waals surface area contributed by atoms with Crippen LogP contribution in [-0.2, 0) is 13.0 Å². The van der Waals surface area contributed by atoms with Gasteiger partial charge in [-0.05, 0) is 43.5 Å². The Balaban J connectivity index is 2.20. The molecule has 0 saturated carbocycles. The number of methoxy groups -OCH3 is 1. The summed E-state index contributed by atoms with van der Waals surface area (Å²) in [5, 5.41) is 4.32. The fourth-order valence-electron chi connectivity index (χ4n) is 2.15. The molecular weight excluding hydrogens is 238 g/mol. The number of rotatable bonds is 6. The van der Waals surface area contributed by atoms with E-state index in [2.05, 4.69) is 17.2 Å². The maximum Gasteiger partial charge on any atom is 0.123 e. The number of aromatic nitrogens is 2. The summed E-state index contributed by atoms with van der Waals surface area (Å²) in [4.78, 5) is 0. The number of hydrogen-bond donors (Lipinski definition) is 1. The minimum atomic E-state index is 0.722. The first-order valence-corrected chi connectivity index (χ1v) is 6.58. The number of nitrogens with two attached hydrogens (primary N) is 1. The van der Waals surface area contributed by atoms with Crippen molar-refractivity contribution >= 4 is 0 Å². The highest BCUT2D eigenvalue weighted by molar-refractivity contribution is 5.37. The van der Waals surface area contributed by atoms with Crippen molar-refractivity contribution in [2.45, 2.75) is 26.3 Å². The van der Waals surface area contributed by atoms with Crippen molar-refractivity contribution in [1.82, 2.24) is 9.78 Å². The third kappa shape index (κ3) is 3.58. The number of aryl methyl sites for hydroxylation is 2. The van der Waals surface area contributed by atoms with Crippen molar-refractivity contribution in [3.8, 4) is 5.75 Å². The van der Waals surface area contributed by atoms with Gasteiger partial charge in [0.1, 0.15) is 5.75 Å². The van der Waals surface area contributed by atoms with Gasteiger partial charge in [0.25, 0.3) is 0 Å². The van der Waals surface area contributed by atoms with E-state index in [1.807, 2.05) is 30.1 Å². The summed E-state index contributed by atoms with van der Waals surface area (Å²) in [5.74, 6) is 0.907. The van der Waals surface area contributed by atoms with Crippen LogP contribution in [0.4, 0.5) is 0 Å². The molecule has 2 aromatic rings. The minimum Gasteiger partial charge on any atom is -0.496 e. The summed E-state index contributed by atoms with van der Waals surface area (Å²) >= 11 is 0. The molecule has 0 radical (unpaired) electrons. The maximum absolute atomic E-state index is 5.56. The molecule has 0 unspecified atom stereocenters. The first-order valence-electron chi connectivity index (χ1n) is 6.58. The zero-order chi connectivity index (χ0) is 13.7. The predicted octanol–water partition coefficient (Wildman–Crippen LogP) is 2.14. The lowest BCUT2D eigenvalue weighted by atomic mass is 10.1. The average molecular weight is 259 g/mol. The van der Waals surface area contributed by atoms with E-state index < -0.39 is 0 Å². The second-order valence-corrected chi connectivity index (χ2v) is 4.75. The molecule has 0 aliphatic rings. The van der Waals surface area contributed by atoms with Crippen molar-refractivity contribution in [2.24, 2.45) is 5.73 Å². The Hall–Kier alpha value is -1.81. The lowest BCUT2D eigenvalue weighted by molar-refractivity contribution is 0.407. The molecule has 1 aromatic carbocycles. The van der Waals surface area contributed by atoms with Crippen LogP contribution in [0, 0.1) is 6.92 Å². The van der Waals surface area contributed by atoms with Gasteiger partial charge in [0.2, 0.25) is 0 Å². The SMILES string of the molecule is COc1ccc(CCCN)cc1Cn1cc(C)cn1. The molecule has 0 aliphatic carbocycles. The zero-order valence-electron chi connectivity index (χ0n) is 11.6. The highest BCUT2D eigenvalue weighted by Gasteiger charge is 2.06. The third-order valence-electron chi connectivity index (χ3n) is 3.11. The van der Waals surface area contributed by atoms with Crippen LogP contribution in [0.2, 0.25) is 0 Å². The van der Waals surface area contributed by atoms with Gasteiger partial charge in [-0.15, -0.1) is 0 Å². The first kappa shape index (κ1) is 13.6. The highest BCUT2D eigenvalue weighted by Crippen LogP contribution is 2.21. The molecular formula is C15H21N3O. The van der Waals surface area contributed by atoms with Gasteiger partial charge in [0, 0.05) is 11.8 Å². The van der Waals surface area contributed by atoms with E-state index in [9.17, 15) is 0 Å². The topological polar surface area (TPSA) is 53.1 Å². The smallest absolute Gasteiger partial charge is 0.123 e. The van der Waals surface area contributed by atoms with Crippen LogP contribution in [0.1, 0.15) is 23.1 Å². The van der Waals surface area contributed by atoms with Gasteiger partial charge in [0.15, 0.2) is 0 Å². The van der Waals surface area contributed by atoms with Crippen LogP contribution in [-0.4, -0.2) is 23.4 Å². The van der Waals surface area contributed by atoms with E-state index >= 15 is 0 Å². The Kier molecular flexibility index (Phi) is 4.58. The van der Waals surface area contributed by atoms with Crippen molar-refractivity contribution in [1.29, 1.82) is 0 Å². The van der Waals surface area contributed by atoms with Crippen LogP contribution in [0.25, 0.3) is 0 Å². The molecule has 1 heterocycles. The van der Waals surface area contributed by atoms with Crippen molar-refractivity contribution in [3.05, 3.63) is 47.3 Å². The fraction of sp³-hybridized carbons (Fsp3) is 0.400. The number of hydrogen-bond acceptors (Lipinski definition) is 3. The Labute approximate surface area is 114 Å². The van der Waals surface area contributed by atoms with Crippen molar-refractivity contribution in [3.63, 3.8) is 0 Å². The minimum absolute atomic E-state index is 0.722. The molecule has 4 heteroatoms. The van der Waals surface area contributed by atoms with Crippen LogP contribution in [0.3, 0.4) is 0 Å². The Bertz CT molecular complexity index is 534. The molecule has 0 amide bonds. The van der Waals surface area contributed by atoms with E-state index in [0.717, 1.165) is 37.2 Å². The Morgan fingerprint density at radius 2 is 2.21 bits per heavy atom. The van der Waals surface area contributed by atoms with E-state index in [1.165, 1.54) is 11.1 Å². The molecule has 4 nitrogen and oxygen atoms in total. The van der Waals surface area contributed by atoms with Gasteiger partial charge >= 0.3 is 0 Å². The molecule has 0 aliphatic heterocycles. The molecule has 0 saturated heterocycles. The molecule has 2 rings (SSSR count). The van der Waals surface area contributed by atoms with E-state index in [4.69, 9.17) is 10.5 Å². The highest BCUT2D eigenvalue weighted by atomic mass is 16.5. The second-order valence-electron chi connectivity index (χ2n) is 4.75. The van der Waals surface area contributed by atoms with Crippen LogP contribution < -0.4 is 10.5 Å². The van der Waals surface area contributed by atoms with Crippen LogP contribution in [0.5, 0.6) is 5.75 Å². The fourth-order valence-corrected chi connectivity index (χ4v) is 2.15. The molecule has 19 heavy (non-hydrogen) atoms. The van der Waals surface area contributed by atoms with Gasteiger partial charge in [-0.25, -0.2) is 0 Å². The van der Waals surface area contributed by atoms with Crippen LogP contribution in [0.15, 0.2) is 30.6 Å². The van der Waals surface area contributed by atoms with Crippen molar-refractivity contribution in [2.75, 3.05) is 13.7 Å². The van der Waals surface area contributed by atoms with Crippen molar-refractivity contribution < 1.29 is 4.74 Å². The summed E-state index contributed by atoms with van der Waals surface area (Å²) in [6.07, 6.45) is 5.91. The molecule has 0 fully saturated rings. The summed E-state index contributed by atoms with van der Waals surface area (Å²) in [6.45, 7) is 3.49. The third-order valence-corrected chi connectivity index (χ3v) is 3.11. The molecule has 0 atom stereocenters. The Morgan fingerprint density at radius 3 is 2.84 bits per heavy atom. The lowest BCUT2D eigenvalue weighted by Gasteiger charge is -2.11. The summed E-state index contributed by atoms with van der Waals surface area (Å²) in [7, 11) is 1.70. The van der Waals surface area contributed by atoms with Crippen LogP contribution >= 0.6 is 0 Å². The first-order chi connectivity index (χ1) is 9.22. The summed E-state index contributed by atoms with van der Waals surface area (Å²) in [5.41, 5.74) is 9.17. The lowest BCUT2D eigenvalue weighted by Crippen LogP contribution is -2.04. The average Bonchev–Trinajstić information content (AvgIpc) is 2.82. The van der Waals surface area contributed by atoms with Gasteiger partial charge in [-0.3, -0.25) is 4.68 Å². The predicted molar refractivity (Wildman–Crippen MR) is 76.4 cm³/mol. The number of benzene rings is 1. The summed E-state index contributed by atoms with van der Waals surface area (Å²) in [6, 6.07) is 6.31. The Morgan fingerprint density at radius 1 is 1.37 bits per heavy atom. The maximum atomic E-state index is 5.56. The van der Waals surface area contributed by atoms with E-state index in [1.54, 1.807) is 7.11 Å². The quantitative estimate of drug-likeness (QED) is 0.864. The van der Waals surface area contributed by atoms with Gasteiger partial charge in [-0.2, -0.15) is 5.10 Å². The van der Waals surface area contributed by atoms with Gasteiger partial charge < -0.3 is 10.5 Å². The number of ether oxygens (including phenoxy) is 1. The molecule has 1 aromatic heterocycles. The largest absolute Gasteiger partial charge is 0.496 e. The summed E-state index contributed by atoms with van der Waals surface area (Å²) < 4.78 is 7.35. The standard InChI is InChI=1S/C15H21N3O/c1-12-9-17-18(10-12)11-14-8-13(4-3-7-16)5-6-15(14)19-2/h5-6,8-10H,3-4,7,11,16H2,1-2H3. The number of nitrogens with zero attached hydrogens (tertiary/aromatic N) is 2. The molecule has 2 N–H and O–H groups in total. The molecule has 102 valence electrons. The normalized spacial score (nSPS) is 10.7. The second kappa shape index (κ2) is 6.38. The van der Waals surface area contributed by atoms with E-state index in [0.29, 0.717) is 0 Å². The van der Waals surface area contributed by atoms with E-state index in [-0.39, 0.29) is 0 Å². The monoisotopic (exact) mass is 259 g/mol. The van der Waals surface area contributed by atoms with Gasteiger partial charge in [-0.1, -0.05) is 12.1 Å². The molecule has 0 spiro atoms.